The molecule has 2 saturated heterocycles. The van der Waals surface area contributed by atoms with E-state index < -0.39 is 0 Å². The molecule has 116 valence electrons. The lowest BCUT2D eigenvalue weighted by atomic mass is 10.2. The number of thioether (sulfide) groups is 1. The molecule has 0 saturated carbocycles. The maximum Gasteiger partial charge on any atom is 0.244 e. The van der Waals surface area contributed by atoms with Crippen LogP contribution in [0.2, 0.25) is 0 Å². The van der Waals surface area contributed by atoms with E-state index in [2.05, 4.69) is 5.32 Å². The van der Waals surface area contributed by atoms with Crippen LogP contribution in [0.3, 0.4) is 0 Å². The van der Waals surface area contributed by atoms with Crippen LogP contribution >= 0.6 is 11.8 Å². The molecule has 2 aliphatic heterocycles. The molecular weight excluding hydrogens is 302 g/mol. The molecule has 2 heterocycles. The molecular formula is C15H17N3O3S. The van der Waals surface area contributed by atoms with Gasteiger partial charge in [0.25, 0.3) is 0 Å². The molecule has 0 aliphatic carbocycles. The van der Waals surface area contributed by atoms with Crippen molar-refractivity contribution in [2.45, 2.75) is 12.8 Å². The Hall–Kier alpha value is -2.02. The molecule has 2 fully saturated rings. The molecule has 0 aromatic heterocycles. The summed E-state index contributed by atoms with van der Waals surface area (Å²) >= 11 is 1.51. The fraction of sp³-hybridized carbons (Fsp3) is 0.400. The topological polar surface area (TPSA) is 69.7 Å². The van der Waals surface area contributed by atoms with E-state index in [1.165, 1.54) is 16.7 Å². The molecule has 0 radical (unpaired) electrons. The molecule has 22 heavy (non-hydrogen) atoms. The van der Waals surface area contributed by atoms with Gasteiger partial charge in [-0.25, -0.2) is 0 Å². The van der Waals surface area contributed by atoms with Crippen LogP contribution in [0.15, 0.2) is 24.3 Å². The van der Waals surface area contributed by atoms with Gasteiger partial charge in [-0.2, -0.15) is 0 Å². The average Bonchev–Trinajstić information content (AvgIpc) is 3.09. The van der Waals surface area contributed by atoms with Gasteiger partial charge in [0.2, 0.25) is 17.7 Å². The largest absolute Gasteiger partial charge is 0.323 e. The Morgan fingerprint density at radius 3 is 2.73 bits per heavy atom. The first kappa shape index (κ1) is 14.9. The second-order valence-electron chi connectivity index (χ2n) is 5.28. The summed E-state index contributed by atoms with van der Waals surface area (Å²) in [5.41, 5.74) is 1.34. The van der Waals surface area contributed by atoms with E-state index in [0.29, 0.717) is 30.3 Å². The zero-order chi connectivity index (χ0) is 15.5. The van der Waals surface area contributed by atoms with E-state index >= 15 is 0 Å². The number of rotatable bonds is 4. The van der Waals surface area contributed by atoms with Gasteiger partial charge < -0.3 is 15.1 Å². The van der Waals surface area contributed by atoms with Crippen LogP contribution < -0.4 is 10.2 Å². The van der Waals surface area contributed by atoms with Crippen molar-refractivity contribution < 1.29 is 14.4 Å². The summed E-state index contributed by atoms with van der Waals surface area (Å²) in [6, 6.07) is 7.27. The third-order valence-electron chi connectivity index (χ3n) is 3.70. The third-order valence-corrected chi connectivity index (χ3v) is 4.65. The van der Waals surface area contributed by atoms with Gasteiger partial charge in [-0.1, -0.05) is 12.1 Å². The van der Waals surface area contributed by atoms with Crippen molar-refractivity contribution in [3.05, 3.63) is 24.3 Å². The molecule has 0 atom stereocenters. The minimum atomic E-state index is -0.241. The molecule has 6 nitrogen and oxygen atoms in total. The Bertz CT molecular complexity index is 620. The van der Waals surface area contributed by atoms with E-state index in [0.717, 1.165) is 12.1 Å². The van der Waals surface area contributed by atoms with E-state index in [-0.39, 0.29) is 24.3 Å². The predicted octanol–water partition coefficient (Wildman–Crippen LogP) is 1.28. The van der Waals surface area contributed by atoms with Crippen molar-refractivity contribution in [3.8, 4) is 0 Å². The standard InChI is InChI=1S/C15H17N3O3S/c19-13(8-17-10-22-9-15(17)21)16-11-4-1-2-5-12(11)18-7-3-6-14(18)20/h1-2,4-5H,3,6-10H2,(H,16,19). The number of carbonyl (C=O) groups is 3. The number of carbonyl (C=O) groups excluding carboxylic acids is 3. The first-order chi connectivity index (χ1) is 10.6. The Balaban J connectivity index is 1.70. The second kappa shape index (κ2) is 6.39. The average molecular weight is 319 g/mol. The quantitative estimate of drug-likeness (QED) is 0.908. The van der Waals surface area contributed by atoms with E-state index in [1.54, 1.807) is 11.0 Å². The van der Waals surface area contributed by atoms with E-state index in [9.17, 15) is 14.4 Å². The van der Waals surface area contributed by atoms with Crippen LogP contribution in [0.4, 0.5) is 11.4 Å². The summed E-state index contributed by atoms with van der Waals surface area (Å²) in [6.45, 7) is 0.723. The number of nitrogens with one attached hydrogen (secondary N) is 1. The lowest BCUT2D eigenvalue weighted by Crippen LogP contribution is -2.35. The van der Waals surface area contributed by atoms with Crippen LogP contribution in [-0.2, 0) is 14.4 Å². The van der Waals surface area contributed by atoms with Crippen molar-refractivity contribution in [1.29, 1.82) is 0 Å². The Kier molecular flexibility index (Phi) is 4.33. The number of nitrogens with zero attached hydrogens (tertiary/aromatic N) is 2. The minimum Gasteiger partial charge on any atom is -0.323 e. The SMILES string of the molecule is O=C(CN1CSCC1=O)Nc1ccccc1N1CCCC1=O. The molecule has 3 amide bonds. The normalized spacial score (nSPS) is 18.2. The van der Waals surface area contributed by atoms with Crippen LogP contribution in [0.5, 0.6) is 0 Å². The molecule has 0 bridgehead atoms. The van der Waals surface area contributed by atoms with E-state index in [4.69, 9.17) is 0 Å². The van der Waals surface area contributed by atoms with Crippen molar-refractivity contribution >= 4 is 40.9 Å². The Morgan fingerprint density at radius 2 is 2.05 bits per heavy atom. The molecule has 7 heteroatoms. The van der Waals surface area contributed by atoms with Gasteiger partial charge in [-0.05, 0) is 18.6 Å². The highest BCUT2D eigenvalue weighted by Crippen LogP contribution is 2.29. The van der Waals surface area contributed by atoms with Crippen LogP contribution in [0.25, 0.3) is 0 Å². The highest BCUT2D eigenvalue weighted by molar-refractivity contribution is 8.00. The van der Waals surface area contributed by atoms with Gasteiger partial charge in [0, 0.05) is 13.0 Å². The summed E-state index contributed by atoms with van der Waals surface area (Å²) in [4.78, 5) is 38.8. The molecule has 0 unspecified atom stereocenters. The third kappa shape index (κ3) is 3.09. The van der Waals surface area contributed by atoms with Gasteiger partial charge in [0.1, 0.15) is 6.54 Å². The molecule has 1 N–H and O–H groups in total. The van der Waals surface area contributed by atoms with Crippen molar-refractivity contribution in [2.24, 2.45) is 0 Å². The lowest BCUT2D eigenvalue weighted by molar-refractivity contribution is -0.130. The van der Waals surface area contributed by atoms with Gasteiger partial charge in [-0.15, -0.1) is 11.8 Å². The minimum absolute atomic E-state index is 0.0110. The van der Waals surface area contributed by atoms with Crippen LogP contribution in [0, 0.1) is 0 Å². The molecule has 3 rings (SSSR count). The monoisotopic (exact) mass is 319 g/mol. The summed E-state index contributed by atoms with van der Waals surface area (Å²) in [5.74, 6) is 0.816. The van der Waals surface area contributed by atoms with E-state index in [1.807, 2.05) is 18.2 Å². The molecule has 2 aliphatic rings. The number of hydrogen-bond acceptors (Lipinski definition) is 4. The van der Waals surface area contributed by atoms with Crippen molar-refractivity contribution in [1.82, 2.24) is 4.90 Å². The summed E-state index contributed by atoms with van der Waals surface area (Å²) in [7, 11) is 0. The van der Waals surface area contributed by atoms with Gasteiger partial charge >= 0.3 is 0 Å². The zero-order valence-corrected chi connectivity index (χ0v) is 12.9. The highest BCUT2D eigenvalue weighted by atomic mass is 32.2. The van der Waals surface area contributed by atoms with Crippen LogP contribution in [0.1, 0.15) is 12.8 Å². The van der Waals surface area contributed by atoms with Crippen LogP contribution in [-0.4, -0.2) is 47.3 Å². The van der Waals surface area contributed by atoms with Gasteiger partial charge in [0.05, 0.1) is 23.0 Å². The number of para-hydroxylation sites is 2. The fourth-order valence-electron chi connectivity index (χ4n) is 2.62. The van der Waals surface area contributed by atoms with Gasteiger partial charge in [0.15, 0.2) is 0 Å². The molecule has 1 aromatic carbocycles. The summed E-state index contributed by atoms with van der Waals surface area (Å²) < 4.78 is 0. The highest BCUT2D eigenvalue weighted by Gasteiger charge is 2.26. The summed E-state index contributed by atoms with van der Waals surface area (Å²) in [5, 5.41) is 2.82. The first-order valence-corrected chi connectivity index (χ1v) is 8.35. The second-order valence-corrected chi connectivity index (χ2v) is 6.24. The van der Waals surface area contributed by atoms with Gasteiger partial charge in [-0.3, -0.25) is 14.4 Å². The lowest BCUT2D eigenvalue weighted by Gasteiger charge is -2.21. The fourth-order valence-corrected chi connectivity index (χ4v) is 3.53. The smallest absolute Gasteiger partial charge is 0.244 e. The Labute approximate surface area is 132 Å². The summed E-state index contributed by atoms with van der Waals surface area (Å²) in [6.07, 6.45) is 1.38. The first-order valence-electron chi connectivity index (χ1n) is 7.20. The zero-order valence-electron chi connectivity index (χ0n) is 12.1. The number of anilines is 2. The molecule has 1 aromatic rings. The predicted molar refractivity (Wildman–Crippen MR) is 85.7 cm³/mol. The maximum absolute atomic E-state index is 12.1. The van der Waals surface area contributed by atoms with Crippen molar-refractivity contribution in [2.75, 3.05) is 34.9 Å². The Morgan fingerprint density at radius 1 is 1.23 bits per heavy atom. The molecule has 0 spiro atoms. The van der Waals surface area contributed by atoms with Crippen molar-refractivity contribution in [3.63, 3.8) is 0 Å². The number of benzene rings is 1. The number of hydrogen-bond donors (Lipinski definition) is 1. The number of amides is 3. The maximum atomic E-state index is 12.1.